The Labute approximate surface area is 117 Å². The number of likely N-dealkylation sites (tertiary alicyclic amines) is 1. The van der Waals surface area contributed by atoms with Gasteiger partial charge in [-0.25, -0.2) is 0 Å². The molecule has 1 aromatic heterocycles. The molecule has 0 aliphatic carbocycles. The maximum atomic E-state index is 5.36. The summed E-state index contributed by atoms with van der Waals surface area (Å²) < 4.78 is 5.36. The molecule has 1 aromatic rings. The quantitative estimate of drug-likeness (QED) is 0.820. The van der Waals surface area contributed by atoms with E-state index in [0.717, 1.165) is 25.1 Å². The van der Waals surface area contributed by atoms with Crippen LogP contribution in [0, 0.1) is 0 Å². The van der Waals surface area contributed by atoms with Crippen LogP contribution in [0.3, 0.4) is 0 Å². The van der Waals surface area contributed by atoms with E-state index in [9.17, 15) is 0 Å². The van der Waals surface area contributed by atoms with Gasteiger partial charge in [-0.1, -0.05) is 12.8 Å². The third-order valence-corrected chi connectivity index (χ3v) is 4.02. The molecule has 0 amide bonds. The smallest absolute Gasteiger partial charge is 0.103 e. The van der Waals surface area contributed by atoms with Crippen LogP contribution in [0.5, 0.6) is 0 Å². The van der Waals surface area contributed by atoms with Crippen LogP contribution in [0.2, 0.25) is 0 Å². The van der Waals surface area contributed by atoms with Crippen molar-refractivity contribution in [3.63, 3.8) is 0 Å². The number of aryl methyl sites for hydroxylation is 1. The molecule has 1 aliphatic rings. The number of rotatable bonds is 7. The van der Waals surface area contributed by atoms with Crippen LogP contribution >= 0.6 is 0 Å². The SMILES string of the molecule is CC(CCc1ccco1)NCCN1CCCCCC1. The van der Waals surface area contributed by atoms with E-state index in [-0.39, 0.29) is 0 Å². The van der Waals surface area contributed by atoms with E-state index < -0.39 is 0 Å². The minimum absolute atomic E-state index is 0.567. The summed E-state index contributed by atoms with van der Waals surface area (Å²) in [5.74, 6) is 1.10. The number of hydrogen-bond donors (Lipinski definition) is 1. The fraction of sp³-hybridized carbons (Fsp3) is 0.750. The normalized spacial score (nSPS) is 19.2. The summed E-state index contributed by atoms with van der Waals surface area (Å²) >= 11 is 0. The molecule has 19 heavy (non-hydrogen) atoms. The topological polar surface area (TPSA) is 28.4 Å². The monoisotopic (exact) mass is 264 g/mol. The van der Waals surface area contributed by atoms with Crippen molar-refractivity contribution in [1.29, 1.82) is 0 Å². The first-order valence-electron chi connectivity index (χ1n) is 7.83. The second-order valence-electron chi connectivity index (χ2n) is 5.73. The van der Waals surface area contributed by atoms with Crippen molar-refractivity contribution in [2.45, 2.75) is 51.5 Å². The molecule has 0 radical (unpaired) electrons. The Morgan fingerprint density at radius 3 is 2.74 bits per heavy atom. The molecule has 0 aromatic carbocycles. The van der Waals surface area contributed by atoms with Crippen LogP contribution < -0.4 is 5.32 Å². The summed E-state index contributed by atoms with van der Waals surface area (Å²) in [5, 5.41) is 3.63. The lowest BCUT2D eigenvalue weighted by atomic mass is 10.1. The maximum Gasteiger partial charge on any atom is 0.103 e. The van der Waals surface area contributed by atoms with Crippen molar-refractivity contribution in [1.82, 2.24) is 10.2 Å². The molecule has 1 aliphatic heterocycles. The molecule has 0 saturated carbocycles. The van der Waals surface area contributed by atoms with Gasteiger partial charge in [-0.3, -0.25) is 0 Å². The van der Waals surface area contributed by atoms with Crippen molar-refractivity contribution in [2.24, 2.45) is 0 Å². The van der Waals surface area contributed by atoms with Gasteiger partial charge < -0.3 is 14.6 Å². The van der Waals surface area contributed by atoms with E-state index in [1.165, 1.54) is 45.3 Å². The lowest BCUT2D eigenvalue weighted by Gasteiger charge is -2.21. The van der Waals surface area contributed by atoms with E-state index in [1.807, 2.05) is 6.07 Å². The summed E-state index contributed by atoms with van der Waals surface area (Å²) in [6.45, 7) is 7.17. The molecular formula is C16H28N2O. The minimum atomic E-state index is 0.567. The largest absolute Gasteiger partial charge is 0.469 e. The first-order chi connectivity index (χ1) is 9.34. The highest BCUT2D eigenvalue weighted by Crippen LogP contribution is 2.09. The van der Waals surface area contributed by atoms with Gasteiger partial charge in [0.1, 0.15) is 5.76 Å². The van der Waals surface area contributed by atoms with E-state index in [2.05, 4.69) is 23.2 Å². The van der Waals surface area contributed by atoms with Crippen LogP contribution in [0.15, 0.2) is 22.8 Å². The fourth-order valence-corrected chi connectivity index (χ4v) is 2.74. The predicted octanol–water partition coefficient (Wildman–Crippen LogP) is 3.07. The van der Waals surface area contributed by atoms with Crippen molar-refractivity contribution in [2.75, 3.05) is 26.2 Å². The Balaban J connectivity index is 1.54. The van der Waals surface area contributed by atoms with Gasteiger partial charge in [0.25, 0.3) is 0 Å². The third kappa shape index (κ3) is 5.79. The van der Waals surface area contributed by atoms with Crippen LogP contribution in [0.4, 0.5) is 0 Å². The van der Waals surface area contributed by atoms with E-state index in [0.29, 0.717) is 6.04 Å². The number of hydrogen-bond acceptors (Lipinski definition) is 3. The zero-order valence-corrected chi connectivity index (χ0v) is 12.2. The minimum Gasteiger partial charge on any atom is -0.469 e. The van der Waals surface area contributed by atoms with Gasteiger partial charge in [-0.15, -0.1) is 0 Å². The molecule has 0 spiro atoms. The van der Waals surface area contributed by atoms with E-state index >= 15 is 0 Å². The Kier molecular flexibility index (Phi) is 6.45. The van der Waals surface area contributed by atoms with E-state index in [1.54, 1.807) is 6.26 Å². The summed E-state index contributed by atoms with van der Waals surface area (Å²) in [6, 6.07) is 4.59. The molecular weight excluding hydrogens is 236 g/mol. The molecule has 2 heterocycles. The lowest BCUT2D eigenvalue weighted by Crippen LogP contribution is -2.36. The molecule has 108 valence electrons. The number of nitrogens with one attached hydrogen (secondary N) is 1. The number of nitrogens with zero attached hydrogens (tertiary/aromatic N) is 1. The van der Waals surface area contributed by atoms with Gasteiger partial charge >= 0.3 is 0 Å². The van der Waals surface area contributed by atoms with Crippen LogP contribution in [-0.2, 0) is 6.42 Å². The molecule has 1 N–H and O–H groups in total. The van der Waals surface area contributed by atoms with Crippen LogP contribution in [0.1, 0.15) is 44.8 Å². The lowest BCUT2D eigenvalue weighted by molar-refractivity contribution is 0.279. The molecule has 3 nitrogen and oxygen atoms in total. The first-order valence-corrected chi connectivity index (χ1v) is 7.83. The summed E-state index contributed by atoms with van der Waals surface area (Å²) in [6.07, 6.45) is 9.54. The standard InChI is InChI=1S/C16H28N2O/c1-15(8-9-16-7-6-14-19-16)17-10-13-18-11-4-2-3-5-12-18/h6-7,14-15,17H,2-5,8-13H2,1H3. The fourth-order valence-electron chi connectivity index (χ4n) is 2.74. The van der Waals surface area contributed by atoms with Crippen molar-refractivity contribution < 1.29 is 4.42 Å². The molecule has 3 heteroatoms. The summed E-state index contributed by atoms with van der Waals surface area (Å²) in [4.78, 5) is 2.61. The summed E-state index contributed by atoms with van der Waals surface area (Å²) in [7, 11) is 0. The highest BCUT2D eigenvalue weighted by molar-refractivity contribution is 4.98. The van der Waals surface area contributed by atoms with Crippen molar-refractivity contribution in [3.05, 3.63) is 24.2 Å². The Morgan fingerprint density at radius 2 is 2.05 bits per heavy atom. The van der Waals surface area contributed by atoms with E-state index in [4.69, 9.17) is 4.42 Å². The van der Waals surface area contributed by atoms with Gasteiger partial charge in [-0.05, 0) is 51.4 Å². The summed E-state index contributed by atoms with van der Waals surface area (Å²) in [5.41, 5.74) is 0. The van der Waals surface area contributed by atoms with Crippen LogP contribution in [0.25, 0.3) is 0 Å². The average molecular weight is 264 g/mol. The predicted molar refractivity (Wildman–Crippen MR) is 79.4 cm³/mol. The molecule has 2 rings (SSSR count). The highest BCUT2D eigenvalue weighted by Gasteiger charge is 2.09. The van der Waals surface area contributed by atoms with Gasteiger partial charge in [0.2, 0.25) is 0 Å². The van der Waals surface area contributed by atoms with Crippen molar-refractivity contribution in [3.8, 4) is 0 Å². The highest BCUT2D eigenvalue weighted by atomic mass is 16.3. The van der Waals surface area contributed by atoms with Crippen molar-refractivity contribution >= 4 is 0 Å². The second kappa shape index (κ2) is 8.39. The molecule has 1 atom stereocenters. The third-order valence-electron chi connectivity index (χ3n) is 4.02. The second-order valence-corrected chi connectivity index (χ2v) is 5.73. The first kappa shape index (κ1) is 14.6. The Hall–Kier alpha value is -0.800. The Morgan fingerprint density at radius 1 is 1.26 bits per heavy atom. The van der Waals surface area contributed by atoms with Crippen LogP contribution in [-0.4, -0.2) is 37.1 Å². The zero-order chi connectivity index (χ0) is 13.3. The van der Waals surface area contributed by atoms with Gasteiger partial charge in [-0.2, -0.15) is 0 Å². The maximum absolute atomic E-state index is 5.36. The molecule has 0 bridgehead atoms. The van der Waals surface area contributed by atoms with Gasteiger partial charge in [0.15, 0.2) is 0 Å². The molecule has 1 saturated heterocycles. The zero-order valence-electron chi connectivity index (χ0n) is 12.2. The van der Waals surface area contributed by atoms with Gasteiger partial charge in [0.05, 0.1) is 6.26 Å². The average Bonchev–Trinajstić information content (AvgIpc) is 2.80. The molecule has 1 fully saturated rings. The number of furan rings is 1. The molecule has 1 unspecified atom stereocenters. The Bertz CT molecular complexity index is 315. The van der Waals surface area contributed by atoms with Gasteiger partial charge in [0, 0.05) is 25.6 Å².